The van der Waals surface area contributed by atoms with Gasteiger partial charge in [-0.2, -0.15) is 5.01 Å². The summed E-state index contributed by atoms with van der Waals surface area (Å²) in [5, 5.41) is 1.10. The fourth-order valence-corrected chi connectivity index (χ4v) is 4.88. The average molecular weight is 531 g/mol. The summed E-state index contributed by atoms with van der Waals surface area (Å²) in [6.07, 6.45) is 4.09. The lowest BCUT2D eigenvalue weighted by atomic mass is 10.0. The summed E-state index contributed by atoms with van der Waals surface area (Å²) >= 11 is 6.50. The van der Waals surface area contributed by atoms with Crippen LogP contribution >= 0.6 is 24.0 Å². The van der Waals surface area contributed by atoms with Crippen LogP contribution in [0.3, 0.4) is 0 Å². The predicted molar refractivity (Wildman–Crippen MR) is 151 cm³/mol. The summed E-state index contributed by atoms with van der Waals surface area (Å²) in [5.41, 5.74) is 5.71. The molecule has 0 radical (unpaired) electrons. The van der Waals surface area contributed by atoms with Gasteiger partial charge in [-0.05, 0) is 67.0 Å². The van der Waals surface area contributed by atoms with E-state index in [2.05, 4.69) is 12.0 Å². The van der Waals surface area contributed by atoms with Crippen molar-refractivity contribution in [1.29, 1.82) is 0 Å². The van der Waals surface area contributed by atoms with Crippen LogP contribution in [0.4, 0.5) is 0 Å². The Balaban J connectivity index is 1.59. The summed E-state index contributed by atoms with van der Waals surface area (Å²) in [6.45, 7) is 6.62. The molecule has 2 amide bonds. The second-order valence-corrected chi connectivity index (χ2v) is 9.71. The van der Waals surface area contributed by atoms with E-state index in [0.29, 0.717) is 41.6 Å². The zero-order chi connectivity index (χ0) is 26.2. The molecule has 8 heteroatoms. The zero-order valence-electron chi connectivity index (χ0n) is 20.3. The van der Waals surface area contributed by atoms with Crippen LogP contribution in [-0.2, 0) is 17.8 Å². The summed E-state index contributed by atoms with van der Waals surface area (Å²) in [4.78, 5) is 26.0. The molecule has 0 atom stereocenters. The van der Waals surface area contributed by atoms with Crippen LogP contribution in [0.5, 0.6) is 11.5 Å². The summed E-state index contributed by atoms with van der Waals surface area (Å²) in [6, 6.07) is 22.3. The number of carbonyl (C=O) groups excluding carboxylic acids is 2. The van der Waals surface area contributed by atoms with Crippen molar-refractivity contribution in [2.24, 2.45) is 0 Å². The Hall–Kier alpha value is -3.88. The Morgan fingerprint density at radius 2 is 1.78 bits per heavy atom. The molecule has 6 nitrogen and oxygen atoms in total. The van der Waals surface area contributed by atoms with E-state index in [1.54, 1.807) is 36.4 Å². The number of thioether (sulfide) groups is 1. The third kappa shape index (κ3) is 6.47. The van der Waals surface area contributed by atoms with Gasteiger partial charge in [0.25, 0.3) is 11.8 Å². The minimum Gasteiger partial charge on any atom is -0.490 e. The number of carbonyl (C=O) groups is 2. The lowest BCUT2D eigenvalue weighted by molar-refractivity contribution is -0.123. The highest BCUT2D eigenvalue weighted by Gasteiger charge is 2.34. The van der Waals surface area contributed by atoms with Crippen molar-refractivity contribution in [3.8, 4) is 11.5 Å². The number of nitrogens with one attached hydrogen (secondary N) is 1. The van der Waals surface area contributed by atoms with Gasteiger partial charge in [0.05, 0.1) is 11.5 Å². The Morgan fingerprint density at radius 1 is 1.08 bits per heavy atom. The molecule has 0 unspecified atom stereocenters. The van der Waals surface area contributed by atoms with Crippen molar-refractivity contribution in [3.05, 3.63) is 113 Å². The van der Waals surface area contributed by atoms with Crippen molar-refractivity contribution in [1.82, 2.24) is 10.4 Å². The fourth-order valence-electron chi connectivity index (χ4n) is 3.70. The van der Waals surface area contributed by atoms with E-state index in [1.165, 1.54) is 0 Å². The first kappa shape index (κ1) is 26.2. The molecule has 0 spiro atoms. The van der Waals surface area contributed by atoms with Crippen LogP contribution in [0.2, 0.25) is 0 Å². The molecule has 1 aliphatic rings. The molecule has 4 rings (SSSR count). The van der Waals surface area contributed by atoms with Crippen molar-refractivity contribution >= 4 is 46.2 Å². The van der Waals surface area contributed by atoms with E-state index in [0.717, 1.165) is 33.5 Å². The fraction of sp³-hybridized carbons (Fsp3) is 0.138. The first-order valence-corrected chi connectivity index (χ1v) is 12.9. The number of hydrogen-bond donors (Lipinski definition) is 1. The van der Waals surface area contributed by atoms with E-state index >= 15 is 0 Å². The quantitative estimate of drug-likeness (QED) is 0.199. The van der Waals surface area contributed by atoms with E-state index in [4.69, 9.17) is 21.7 Å². The lowest BCUT2D eigenvalue weighted by Gasteiger charge is -2.17. The number of hydrazine groups is 1. The number of amides is 2. The monoisotopic (exact) mass is 530 g/mol. The zero-order valence-corrected chi connectivity index (χ0v) is 21.9. The topological polar surface area (TPSA) is 67.9 Å². The highest BCUT2D eigenvalue weighted by atomic mass is 32.2. The third-order valence-corrected chi connectivity index (χ3v) is 6.69. The number of nitrogens with zero attached hydrogens (tertiary/aromatic N) is 1. The SMILES string of the molecule is C=CCc1cc(/C=C2\SC(=S)N(NC(=O)c3ccccc3)C2=O)cc(OCC)c1OCc1ccccc1. The summed E-state index contributed by atoms with van der Waals surface area (Å²) < 4.78 is 12.3. The lowest BCUT2D eigenvalue weighted by Crippen LogP contribution is -2.44. The number of ether oxygens (including phenoxy) is 2. The van der Waals surface area contributed by atoms with Crippen molar-refractivity contribution in [2.75, 3.05) is 6.61 Å². The maximum absolute atomic E-state index is 13.1. The van der Waals surface area contributed by atoms with Gasteiger partial charge in [-0.3, -0.25) is 15.0 Å². The Bertz CT molecular complexity index is 1340. The van der Waals surface area contributed by atoms with Gasteiger partial charge in [0, 0.05) is 11.1 Å². The molecule has 1 saturated heterocycles. The van der Waals surface area contributed by atoms with Gasteiger partial charge in [0.15, 0.2) is 15.8 Å². The number of hydrogen-bond acceptors (Lipinski definition) is 6. The van der Waals surface area contributed by atoms with Crippen LogP contribution in [-0.4, -0.2) is 27.8 Å². The number of allylic oxidation sites excluding steroid dienone is 1. The van der Waals surface area contributed by atoms with E-state index in [-0.39, 0.29) is 4.32 Å². The van der Waals surface area contributed by atoms with Crippen molar-refractivity contribution in [3.63, 3.8) is 0 Å². The Kier molecular flexibility index (Phi) is 8.77. The minimum atomic E-state index is -0.412. The molecule has 3 aromatic carbocycles. The molecule has 0 aliphatic carbocycles. The van der Waals surface area contributed by atoms with Gasteiger partial charge in [-0.15, -0.1) is 6.58 Å². The normalized spacial score (nSPS) is 14.1. The number of benzene rings is 3. The Labute approximate surface area is 225 Å². The molecule has 1 aliphatic heterocycles. The predicted octanol–water partition coefficient (Wildman–Crippen LogP) is 5.94. The molecule has 0 saturated carbocycles. The van der Waals surface area contributed by atoms with Gasteiger partial charge >= 0.3 is 0 Å². The number of thiocarbonyl (C=S) groups is 1. The largest absolute Gasteiger partial charge is 0.490 e. The molecule has 1 N–H and O–H groups in total. The molecule has 1 heterocycles. The average Bonchev–Trinajstić information content (AvgIpc) is 3.17. The molecular weight excluding hydrogens is 504 g/mol. The first-order chi connectivity index (χ1) is 18.0. The first-order valence-electron chi connectivity index (χ1n) is 11.7. The van der Waals surface area contributed by atoms with Gasteiger partial charge in [0.2, 0.25) is 0 Å². The van der Waals surface area contributed by atoms with Gasteiger partial charge in [-0.1, -0.05) is 66.4 Å². The molecule has 188 valence electrons. The minimum absolute atomic E-state index is 0.250. The van der Waals surface area contributed by atoms with Crippen LogP contribution in [0.15, 0.2) is 90.4 Å². The Morgan fingerprint density at radius 3 is 2.46 bits per heavy atom. The van der Waals surface area contributed by atoms with Crippen molar-refractivity contribution in [2.45, 2.75) is 20.0 Å². The van der Waals surface area contributed by atoms with Crippen LogP contribution in [0.1, 0.15) is 34.0 Å². The van der Waals surface area contributed by atoms with Gasteiger partial charge < -0.3 is 9.47 Å². The van der Waals surface area contributed by atoms with E-state index in [9.17, 15) is 9.59 Å². The second-order valence-electron chi connectivity index (χ2n) is 8.03. The molecule has 1 fully saturated rings. The molecule has 0 bridgehead atoms. The van der Waals surface area contributed by atoms with Gasteiger partial charge in [0.1, 0.15) is 6.61 Å². The van der Waals surface area contributed by atoms with Crippen molar-refractivity contribution < 1.29 is 19.1 Å². The van der Waals surface area contributed by atoms with E-state index in [1.807, 2.05) is 55.5 Å². The third-order valence-electron chi connectivity index (χ3n) is 5.38. The maximum atomic E-state index is 13.1. The van der Waals surface area contributed by atoms with E-state index < -0.39 is 11.8 Å². The highest BCUT2D eigenvalue weighted by molar-refractivity contribution is 8.26. The number of rotatable bonds is 10. The standard InChI is InChI=1S/C29H26N2O4S2/c1-3-11-23-16-21(17-24(34-4-2)26(23)35-19-20-12-7-5-8-13-20)18-25-28(33)31(29(36)37-25)30-27(32)22-14-9-6-10-15-22/h3,5-10,12-18H,1,4,11,19H2,2H3,(H,30,32)/b25-18-. The molecule has 3 aromatic rings. The van der Waals surface area contributed by atoms with Crippen LogP contribution < -0.4 is 14.9 Å². The van der Waals surface area contributed by atoms with Crippen LogP contribution in [0, 0.1) is 0 Å². The second kappa shape index (κ2) is 12.4. The highest BCUT2D eigenvalue weighted by Crippen LogP contribution is 2.37. The van der Waals surface area contributed by atoms with Gasteiger partial charge in [-0.25, -0.2) is 0 Å². The van der Waals surface area contributed by atoms with Crippen LogP contribution in [0.25, 0.3) is 6.08 Å². The summed E-state index contributed by atoms with van der Waals surface area (Å²) in [7, 11) is 0. The molecule has 37 heavy (non-hydrogen) atoms. The molecule has 0 aromatic heterocycles. The maximum Gasteiger partial charge on any atom is 0.285 e. The smallest absolute Gasteiger partial charge is 0.285 e. The molecular formula is C29H26N2O4S2. The summed E-state index contributed by atoms with van der Waals surface area (Å²) in [5.74, 6) is 0.416.